The third kappa shape index (κ3) is 4.25. The van der Waals surface area contributed by atoms with Crippen LogP contribution in [0.25, 0.3) is 0 Å². The van der Waals surface area contributed by atoms with Gasteiger partial charge in [-0.05, 0) is 42.2 Å². The number of thioether (sulfide) groups is 1. The van der Waals surface area contributed by atoms with Crippen LogP contribution in [-0.2, 0) is 16.6 Å². The van der Waals surface area contributed by atoms with E-state index in [9.17, 15) is 17.2 Å². The topological polar surface area (TPSA) is 40.6 Å². The Morgan fingerprint density at radius 3 is 2.19 bits per heavy atom. The summed E-state index contributed by atoms with van der Waals surface area (Å²) in [4.78, 5) is 3.18. The average molecular weight is 399 g/mol. The molecule has 2 aromatic carbocycles. The van der Waals surface area contributed by atoms with E-state index >= 15 is 0 Å². The molecule has 0 spiro atoms. The highest BCUT2D eigenvalue weighted by Crippen LogP contribution is 2.21. The highest BCUT2D eigenvalue weighted by molar-refractivity contribution is 7.98. The molecule has 0 unspecified atom stereocenters. The second-order valence-electron chi connectivity index (χ2n) is 6.10. The van der Waals surface area contributed by atoms with E-state index in [0.29, 0.717) is 26.2 Å². The first-order chi connectivity index (χ1) is 12.4. The van der Waals surface area contributed by atoms with Gasteiger partial charge in [0.25, 0.3) is 0 Å². The van der Waals surface area contributed by atoms with Crippen molar-refractivity contribution < 1.29 is 17.2 Å². The highest BCUT2D eigenvalue weighted by atomic mass is 32.2. The zero-order valence-corrected chi connectivity index (χ0v) is 16.0. The summed E-state index contributed by atoms with van der Waals surface area (Å²) in [5.74, 6) is -2.21. The monoisotopic (exact) mass is 398 g/mol. The first-order valence-corrected chi connectivity index (χ1v) is 10.9. The van der Waals surface area contributed by atoms with E-state index in [2.05, 4.69) is 29.2 Å². The molecule has 1 fully saturated rings. The maximum atomic E-state index is 13.4. The van der Waals surface area contributed by atoms with Crippen molar-refractivity contribution in [3.63, 3.8) is 0 Å². The van der Waals surface area contributed by atoms with Crippen molar-refractivity contribution in [2.45, 2.75) is 16.3 Å². The van der Waals surface area contributed by atoms with Crippen LogP contribution in [0.3, 0.4) is 0 Å². The van der Waals surface area contributed by atoms with Gasteiger partial charge in [-0.25, -0.2) is 17.2 Å². The first-order valence-electron chi connectivity index (χ1n) is 8.20. The van der Waals surface area contributed by atoms with Crippen molar-refractivity contribution in [3.8, 4) is 0 Å². The molecule has 0 atom stereocenters. The number of piperazine rings is 1. The van der Waals surface area contributed by atoms with E-state index in [1.54, 1.807) is 11.8 Å². The number of nitrogens with zero attached hydrogens (tertiary/aromatic N) is 2. The molecule has 0 N–H and O–H groups in total. The third-order valence-corrected chi connectivity index (χ3v) is 7.06. The van der Waals surface area contributed by atoms with E-state index in [1.807, 2.05) is 6.26 Å². The fourth-order valence-electron chi connectivity index (χ4n) is 2.90. The number of hydrogen-bond donors (Lipinski definition) is 0. The van der Waals surface area contributed by atoms with Crippen LogP contribution >= 0.6 is 11.8 Å². The van der Waals surface area contributed by atoms with Gasteiger partial charge in [0.1, 0.15) is 0 Å². The predicted molar refractivity (Wildman–Crippen MR) is 98.6 cm³/mol. The molecule has 2 aromatic rings. The van der Waals surface area contributed by atoms with Gasteiger partial charge in [-0.1, -0.05) is 12.1 Å². The Kier molecular flexibility index (Phi) is 5.96. The molecule has 0 aromatic heterocycles. The van der Waals surface area contributed by atoms with Gasteiger partial charge >= 0.3 is 0 Å². The zero-order chi connectivity index (χ0) is 18.7. The molecular formula is C18H20F2N2O2S2. The van der Waals surface area contributed by atoms with Crippen LogP contribution in [0.2, 0.25) is 0 Å². The van der Waals surface area contributed by atoms with Gasteiger partial charge in [0.2, 0.25) is 10.0 Å². The van der Waals surface area contributed by atoms with Gasteiger partial charge in [-0.3, -0.25) is 4.90 Å². The van der Waals surface area contributed by atoms with Crippen molar-refractivity contribution in [3.05, 3.63) is 59.7 Å². The van der Waals surface area contributed by atoms with E-state index in [1.165, 1.54) is 14.8 Å². The number of sulfonamides is 1. The lowest BCUT2D eigenvalue weighted by Gasteiger charge is -2.34. The van der Waals surface area contributed by atoms with Crippen LogP contribution < -0.4 is 0 Å². The third-order valence-electron chi connectivity index (χ3n) is 4.43. The lowest BCUT2D eigenvalue weighted by atomic mass is 10.2. The summed E-state index contributed by atoms with van der Waals surface area (Å²) in [6.45, 7) is 2.59. The fourth-order valence-corrected chi connectivity index (χ4v) is 4.75. The zero-order valence-electron chi connectivity index (χ0n) is 14.4. The Bertz CT molecular complexity index is 865. The van der Waals surface area contributed by atoms with Crippen molar-refractivity contribution >= 4 is 21.8 Å². The average Bonchev–Trinajstić information content (AvgIpc) is 2.65. The quantitative estimate of drug-likeness (QED) is 0.726. The molecule has 0 saturated carbocycles. The molecule has 1 aliphatic heterocycles. The fraction of sp³-hybridized carbons (Fsp3) is 0.333. The Labute approximate surface area is 156 Å². The van der Waals surface area contributed by atoms with Crippen molar-refractivity contribution in [1.29, 1.82) is 0 Å². The lowest BCUT2D eigenvalue weighted by molar-refractivity contribution is 0.181. The molecule has 26 heavy (non-hydrogen) atoms. The molecule has 3 rings (SSSR count). The van der Waals surface area contributed by atoms with Crippen LogP contribution in [0.4, 0.5) is 8.78 Å². The van der Waals surface area contributed by atoms with Gasteiger partial charge in [0.15, 0.2) is 11.6 Å². The summed E-state index contributed by atoms with van der Waals surface area (Å²) in [5.41, 5.74) is 1.18. The summed E-state index contributed by atoms with van der Waals surface area (Å²) < 4.78 is 52.9. The Hall–Kier alpha value is -1.48. The van der Waals surface area contributed by atoms with E-state index in [4.69, 9.17) is 0 Å². The van der Waals surface area contributed by atoms with Gasteiger partial charge in [0.05, 0.1) is 4.90 Å². The smallest absolute Gasteiger partial charge is 0.243 e. The van der Waals surface area contributed by atoms with E-state index in [-0.39, 0.29) is 4.90 Å². The number of halogens is 2. The standard InChI is InChI=1S/C18H20F2N2O2S2/c1-25-15-4-2-14(3-5-15)13-21-8-10-22(11-9-21)26(23,24)16-6-7-17(19)18(20)12-16/h2-7,12H,8-11,13H2,1H3. The molecule has 4 nitrogen and oxygen atoms in total. The Morgan fingerprint density at radius 1 is 0.962 bits per heavy atom. The van der Waals surface area contributed by atoms with Crippen LogP contribution in [0, 0.1) is 11.6 Å². The van der Waals surface area contributed by atoms with Crippen molar-refractivity contribution in [2.24, 2.45) is 0 Å². The molecule has 8 heteroatoms. The van der Waals surface area contributed by atoms with Crippen LogP contribution in [-0.4, -0.2) is 50.1 Å². The van der Waals surface area contributed by atoms with Gasteiger partial charge in [0, 0.05) is 37.6 Å². The largest absolute Gasteiger partial charge is 0.296 e. The molecular weight excluding hydrogens is 378 g/mol. The number of benzene rings is 2. The summed E-state index contributed by atoms with van der Waals surface area (Å²) in [5, 5.41) is 0. The molecule has 1 saturated heterocycles. The molecule has 140 valence electrons. The van der Waals surface area contributed by atoms with E-state index in [0.717, 1.165) is 24.7 Å². The number of rotatable bonds is 5. The summed E-state index contributed by atoms with van der Waals surface area (Å²) in [7, 11) is -3.81. The molecule has 0 aliphatic carbocycles. The normalized spacial score (nSPS) is 16.7. The maximum absolute atomic E-state index is 13.4. The Balaban J connectivity index is 1.62. The predicted octanol–water partition coefficient (Wildman–Crippen LogP) is 3.19. The maximum Gasteiger partial charge on any atom is 0.243 e. The van der Waals surface area contributed by atoms with Crippen molar-refractivity contribution in [1.82, 2.24) is 9.21 Å². The first kappa shape index (κ1) is 19.3. The van der Waals surface area contributed by atoms with Gasteiger partial charge in [-0.15, -0.1) is 11.8 Å². The summed E-state index contributed by atoms with van der Waals surface area (Å²) >= 11 is 1.69. The number of hydrogen-bond acceptors (Lipinski definition) is 4. The van der Waals surface area contributed by atoms with Crippen LogP contribution in [0.15, 0.2) is 52.3 Å². The molecule has 0 radical (unpaired) electrons. The molecule has 1 aliphatic rings. The minimum Gasteiger partial charge on any atom is -0.296 e. The summed E-state index contributed by atoms with van der Waals surface area (Å²) in [6, 6.07) is 11.0. The minimum absolute atomic E-state index is 0.211. The van der Waals surface area contributed by atoms with Gasteiger partial charge in [-0.2, -0.15) is 4.31 Å². The summed E-state index contributed by atoms with van der Waals surface area (Å²) in [6.07, 6.45) is 2.03. The van der Waals surface area contributed by atoms with Crippen molar-refractivity contribution in [2.75, 3.05) is 32.4 Å². The van der Waals surface area contributed by atoms with Gasteiger partial charge < -0.3 is 0 Å². The van der Waals surface area contributed by atoms with Crippen LogP contribution in [0.1, 0.15) is 5.56 Å². The Morgan fingerprint density at radius 2 is 1.62 bits per heavy atom. The molecule has 0 amide bonds. The highest BCUT2D eigenvalue weighted by Gasteiger charge is 2.29. The second kappa shape index (κ2) is 8.04. The SMILES string of the molecule is CSc1ccc(CN2CCN(S(=O)(=O)c3ccc(F)c(F)c3)CC2)cc1. The van der Waals surface area contributed by atoms with E-state index < -0.39 is 21.7 Å². The molecule has 1 heterocycles. The molecule has 0 bridgehead atoms. The minimum atomic E-state index is -3.81. The van der Waals surface area contributed by atoms with Crippen LogP contribution in [0.5, 0.6) is 0 Å². The second-order valence-corrected chi connectivity index (χ2v) is 8.92. The lowest BCUT2D eigenvalue weighted by Crippen LogP contribution is -2.48.